The molecule has 3 atom stereocenters. The monoisotopic (exact) mass is 606 g/mol. The molecule has 1 heterocycles. The molecule has 7 nitrogen and oxygen atoms in total. The summed E-state index contributed by atoms with van der Waals surface area (Å²) < 4.78 is 25.3. The number of rotatable bonds is 16. The van der Waals surface area contributed by atoms with E-state index in [1.54, 1.807) is 18.2 Å². The number of aliphatic carboxylic acids is 1. The number of carbonyl (C=O) groups is 1. The van der Waals surface area contributed by atoms with E-state index >= 15 is 0 Å². The van der Waals surface area contributed by atoms with Gasteiger partial charge in [-0.15, -0.1) is 0 Å². The van der Waals surface area contributed by atoms with Crippen molar-refractivity contribution in [1.82, 2.24) is 10.3 Å². The average Bonchev–Trinajstić information content (AvgIpc) is 2.96. The second kappa shape index (κ2) is 16.5. The Morgan fingerprint density at radius 2 is 1.64 bits per heavy atom. The first kappa shape index (κ1) is 34.9. The molecule has 3 N–H and O–H groups in total. The Bertz CT molecular complexity index is 1390. The number of nitrogens with zero attached hydrogens (tertiary/aromatic N) is 1. The SMILES string of the molecule is CNC(C)Cc1ccc(OCO[C@@H](CC(=O)O)C[C@H](O)/C=C/c2c(C(C)C)nc(C(C)C)c(C)c2-c2ccc(F)cc2)cc1. The lowest BCUT2D eigenvalue weighted by atomic mass is 9.87. The summed E-state index contributed by atoms with van der Waals surface area (Å²) in [5.41, 5.74) is 6.67. The number of hydrogen-bond donors (Lipinski definition) is 3. The largest absolute Gasteiger partial charge is 0.481 e. The lowest BCUT2D eigenvalue weighted by Crippen LogP contribution is -2.25. The summed E-state index contributed by atoms with van der Waals surface area (Å²) >= 11 is 0. The molecule has 0 aliphatic heterocycles. The van der Waals surface area contributed by atoms with Gasteiger partial charge in [0.25, 0.3) is 0 Å². The second-order valence-corrected chi connectivity index (χ2v) is 12.0. The average molecular weight is 607 g/mol. The number of aliphatic hydroxyl groups is 1. The number of aliphatic hydroxyl groups excluding tert-OH is 1. The van der Waals surface area contributed by atoms with E-state index in [1.165, 1.54) is 17.7 Å². The van der Waals surface area contributed by atoms with Crippen molar-refractivity contribution < 1.29 is 28.9 Å². The molecule has 3 aromatic rings. The van der Waals surface area contributed by atoms with Crippen LogP contribution in [-0.2, 0) is 16.0 Å². The zero-order chi connectivity index (χ0) is 32.4. The molecule has 0 saturated heterocycles. The summed E-state index contributed by atoms with van der Waals surface area (Å²) in [6.07, 6.45) is 2.40. The summed E-state index contributed by atoms with van der Waals surface area (Å²) in [5.74, 6) is -0.455. The molecule has 8 heteroatoms. The molecule has 3 rings (SSSR count). The number of likely N-dealkylation sites (N-methyl/N-ethyl adjacent to an activating group) is 1. The molecule has 1 aromatic heterocycles. The van der Waals surface area contributed by atoms with E-state index in [0.29, 0.717) is 11.8 Å². The molecule has 238 valence electrons. The zero-order valence-corrected chi connectivity index (χ0v) is 26.9. The van der Waals surface area contributed by atoms with Crippen molar-refractivity contribution in [1.29, 1.82) is 0 Å². The van der Waals surface area contributed by atoms with Crippen LogP contribution in [0.4, 0.5) is 4.39 Å². The molecule has 0 amide bonds. The maximum absolute atomic E-state index is 13.8. The topological polar surface area (TPSA) is 101 Å². The molecule has 44 heavy (non-hydrogen) atoms. The number of halogens is 1. The minimum Gasteiger partial charge on any atom is -0.481 e. The van der Waals surface area contributed by atoms with Gasteiger partial charge in [-0.05, 0) is 85.7 Å². The number of aromatic nitrogens is 1. The minimum atomic E-state index is -1.03. The summed E-state index contributed by atoms with van der Waals surface area (Å²) in [7, 11) is 1.93. The van der Waals surface area contributed by atoms with E-state index < -0.39 is 18.2 Å². The van der Waals surface area contributed by atoms with Crippen LogP contribution in [0.1, 0.15) is 87.4 Å². The maximum atomic E-state index is 13.8. The van der Waals surface area contributed by atoms with Crippen molar-refractivity contribution in [2.45, 2.75) is 90.9 Å². The van der Waals surface area contributed by atoms with Crippen LogP contribution in [0.15, 0.2) is 54.6 Å². The molecular formula is C36H47FN2O5. The van der Waals surface area contributed by atoms with Gasteiger partial charge < -0.3 is 25.0 Å². The standard InChI is InChI=1S/C36H47FN2O5/c1-22(2)35-25(6)34(27-10-12-28(37)13-11-27)32(36(39-35)23(3)4)17-14-29(40)19-31(20-33(41)42)44-21-43-30-15-8-26(9-16-30)18-24(5)38-7/h8-17,22-24,29,31,38,40H,18-21H2,1-7H3,(H,41,42)/b17-14+/t24?,29-,31-/m1/s1. The lowest BCUT2D eigenvalue weighted by Gasteiger charge is -2.22. The fraction of sp³-hybridized carbons (Fsp3) is 0.444. The number of carboxylic acid groups (broad SMARTS) is 1. The molecule has 0 fully saturated rings. The molecule has 0 aliphatic carbocycles. The molecule has 0 aliphatic rings. The van der Waals surface area contributed by atoms with Gasteiger partial charge in [0.05, 0.1) is 24.3 Å². The molecule has 2 aromatic carbocycles. The fourth-order valence-electron chi connectivity index (χ4n) is 5.23. The van der Waals surface area contributed by atoms with Gasteiger partial charge in [-0.3, -0.25) is 9.78 Å². The van der Waals surface area contributed by atoms with Crippen molar-refractivity contribution >= 4 is 12.0 Å². The van der Waals surface area contributed by atoms with Crippen LogP contribution in [-0.4, -0.2) is 53.3 Å². The maximum Gasteiger partial charge on any atom is 0.305 e. The highest BCUT2D eigenvalue weighted by molar-refractivity contribution is 5.80. The molecule has 0 spiro atoms. The summed E-state index contributed by atoms with van der Waals surface area (Å²) in [4.78, 5) is 16.6. The van der Waals surface area contributed by atoms with Gasteiger partial charge in [0.1, 0.15) is 11.6 Å². The Hall–Kier alpha value is -3.59. The van der Waals surface area contributed by atoms with Crippen LogP contribution in [0.25, 0.3) is 17.2 Å². The Balaban J connectivity index is 1.79. The second-order valence-electron chi connectivity index (χ2n) is 12.0. The van der Waals surface area contributed by atoms with Crippen molar-refractivity contribution in [3.63, 3.8) is 0 Å². The van der Waals surface area contributed by atoms with Crippen LogP contribution in [0.5, 0.6) is 5.75 Å². The van der Waals surface area contributed by atoms with E-state index in [-0.39, 0.29) is 37.3 Å². The van der Waals surface area contributed by atoms with Crippen LogP contribution < -0.4 is 10.1 Å². The highest BCUT2D eigenvalue weighted by Gasteiger charge is 2.22. The van der Waals surface area contributed by atoms with Crippen LogP contribution in [0.2, 0.25) is 0 Å². The fourth-order valence-corrected chi connectivity index (χ4v) is 5.23. The minimum absolute atomic E-state index is 0.0619. The number of nitrogens with one attached hydrogen (secondary N) is 1. The van der Waals surface area contributed by atoms with Gasteiger partial charge in [-0.1, -0.05) is 64.1 Å². The summed E-state index contributed by atoms with van der Waals surface area (Å²) in [6.45, 7) is 12.3. The highest BCUT2D eigenvalue weighted by atomic mass is 19.1. The van der Waals surface area contributed by atoms with Crippen molar-refractivity contribution in [3.8, 4) is 16.9 Å². The normalized spacial score (nSPS) is 13.9. The summed E-state index contributed by atoms with van der Waals surface area (Å²) in [5, 5.41) is 23.7. The van der Waals surface area contributed by atoms with E-state index in [4.69, 9.17) is 14.5 Å². The first-order chi connectivity index (χ1) is 20.9. The van der Waals surface area contributed by atoms with Crippen molar-refractivity contribution in [2.24, 2.45) is 0 Å². The van der Waals surface area contributed by atoms with Gasteiger partial charge in [-0.2, -0.15) is 0 Å². The number of hydrogen-bond acceptors (Lipinski definition) is 6. The Morgan fingerprint density at radius 3 is 2.20 bits per heavy atom. The third kappa shape index (κ3) is 9.97. The number of ether oxygens (including phenoxy) is 2. The van der Waals surface area contributed by atoms with Gasteiger partial charge in [-0.25, -0.2) is 4.39 Å². The van der Waals surface area contributed by atoms with Gasteiger partial charge >= 0.3 is 5.97 Å². The summed E-state index contributed by atoms with van der Waals surface area (Å²) in [6, 6.07) is 14.4. The van der Waals surface area contributed by atoms with Crippen molar-refractivity contribution in [2.75, 3.05) is 13.8 Å². The predicted octanol–water partition coefficient (Wildman–Crippen LogP) is 7.25. The Labute approximate surface area is 261 Å². The number of benzene rings is 2. The zero-order valence-electron chi connectivity index (χ0n) is 26.9. The van der Waals surface area contributed by atoms with Crippen molar-refractivity contribution in [3.05, 3.63) is 88.5 Å². The Morgan fingerprint density at radius 1 is 1.00 bits per heavy atom. The van der Waals surface area contributed by atoms with E-state index in [9.17, 15) is 19.4 Å². The third-order valence-electron chi connectivity index (χ3n) is 7.65. The predicted molar refractivity (Wildman–Crippen MR) is 173 cm³/mol. The van der Waals surface area contributed by atoms with Gasteiger partial charge in [0.15, 0.2) is 6.79 Å². The Kier molecular flexibility index (Phi) is 13.1. The van der Waals surface area contributed by atoms with E-state index in [1.807, 2.05) is 44.3 Å². The smallest absolute Gasteiger partial charge is 0.305 e. The van der Waals surface area contributed by atoms with Gasteiger partial charge in [0.2, 0.25) is 0 Å². The quantitative estimate of drug-likeness (QED) is 0.148. The van der Waals surface area contributed by atoms with Crippen LogP contribution >= 0.6 is 0 Å². The molecule has 0 radical (unpaired) electrons. The molecular weight excluding hydrogens is 559 g/mol. The van der Waals surface area contributed by atoms with Crippen LogP contribution in [0, 0.1) is 12.7 Å². The molecule has 0 saturated carbocycles. The third-order valence-corrected chi connectivity index (χ3v) is 7.65. The molecule has 0 bridgehead atoms. The van der Waals surface area contributed by atoms with E-state index in [0.717, 1.165) is 40.1 Å². The first-order valence-corrected chi connectivity index (χ1v) is 15.3. The van der Waals surface area contributed by atoms with Gasteiger partial charge in [0, 0.05) is 23.7 Å². The van der Waals surface area contributed by atoms with Crippen LogP contribution in [0.3, 0.4) is 0 Å². The molecule has 1 unspecified atom stereocenters. The highest BCUT2D eigenvalue weighted by Crippen LogP contribution is 2.37. The first-order valence-electron chi connectivity index (χ1n) is 15.3. The lowest BCUT2D eigenvalue weighted by molar-refractivity contribution is -0.142. The number of pyridine rings is 1. The number of carboxylic acids is 1. The van der Waals surface area contributed by atoms with E-state index in [2.05, 4.69) is 39.9 Å².